The number of benzene rings is 1. The van der Waals surface area contributed by atoms with Crippen LogP contribution in [0.1, 0.15) is 27.9 Å². The van der Waals surface area contributed by atoms with Crippen molar-refractivity contribution in [2.24, 2.45) is 0 Å². The Labute approximate surface area is 156 Å². The van der Waals surface area contributed by atoms with Crippen LogP contribution in [0, 0.1) is 6.92 Å². The fourth-order valence-corrected chi connectivity index (χ4v) is 2.32. The van der Waals surface area contributed by atoms with Crippen LogP contribution in [0.15, 0.2) is 36.5 Å². The van der Waals surface area contributed by atoms with E-state index in [0.29, 0.717) is 12.8 Å². The molecule has 0 aliphatic heterocycles. The minimum atomic E-state index is -0.569. The van der Waals surface area contributed by atoms with Crippen LogP contribution in [0.4, 0.5) is 0 Å². The molecule has 0 saturated carbocycles. The van der Waals surface area contributed by atoms with Crippen molar-refractivity contribution < 1.29 is 14.3 Å². The van der Waals surface area contributed by atoms with Crippen molar-refractivity contribution in [2.75, 3.05) is 13.2 Å². The maximum absolute atomic E-state index is 11.8. The summed E-state index contributed by atoms with van der Waals surface area (Å²) in [7, 11) is 0. The Balaban J connectivity index is 1.66. The van der Waals surface area contributed by atoms with E-state index in [0.717, 1.165) is 5.56 Å². The van der Waals surface area contributed by atoms with Crippen LogP contribution in [0.5, 0.6) is 0 Å². The summed E-state index contributed by atoms with van der Waals surface area (Å²) < 4.78 is 5.05. The van der Waals surface area contributed by atoms with Crippen molar-refractivity contribution in [3.8, 4) is 0 Å². The third-order valence-corrected chi connectivity index (χ3v) is 4.14. The molecule has 5 nitrogen and oxygen atoms in total. The van der Waals surface area contributed by atoms with E-state index in [1.54, 1.807) is 0 Å². The second-order valence-electron chi connectivity index (χ2n) is 5.47. The van der Waals surface area contributed by atoms with Gasteiger partial charge in [0.2, 0.25) is 5.91 Å². The Morgan fingerprint density at radius 2 is 1.92 bits per heavy atom. The van der Waals surface area contributed by atoms with E-state index >= 15 is 0 Å². The number of ether oxygens (including phenoxy) is 1. The van der Waals surface area contributed by atoms with Crippen molar-refractivity contribution in [3.63, 3.8) is 0 Å². The molecule has 0 radical (unpaired) electrons. The first-order valence-corrected chi connectivity index (χ1v) is 8.51. The molecule has 2 rings (SSSR count). The van der Waals surface area contributed by atoms with Crippen LogP contribution in [-0.2, 0) is 16.0 Å². The topological polar surface area (TPSA) is 68.3 Å². The quantitative estimate of drug-likeness (QED) is 0.452. The monoisotopic (exact) mass is 380 g/mol. The number of halogens is 2. The molecule has 1 amide bonds. The summed E-state index contributed by atoms with van der Waals surface area (Å²) in [5.41, 5.74) is 2.51. The van der Waals surface area contributed by atoms with Gasteiger partial charge in [-0.2, -0.15) is 0 Å². The fraction of sp³-hybridized carbons (Fsp3) is 0.278. The predicted octanol–water partition coefficient (Wildman–Crippen LogP) is 3.60. The lowest BCUT2D eigenvalue weighted by atomic mass is 10.1. The summed E-state index contributed by atoms with van der Waals surface area (Å²) in [4.78, 5) is 27.4. The number of nitrogens with one attached hydrogen (secondary N) is 1. The van der Waals surface area contributed by atoms with Crippen molar-refractivity contribution in [1.82, 2.24) is 10.3 Å². The molecule has 0 saturated heterocycles. The fourth-order valence-electron chi connectivity index (χ4n) is 2.05. The van der Waals surface area contributed by atoms with Gasteiger partial charge in [0.25, 0.3) is 0 Å². The molecule has 0 spiro atoms. The van der Waals surface area contributed by atoms with E-state index in [1.165, 1.54) is 17.8 Å². The maximum atomic E-state index is 11.8. The van der Waals surface area contributed by atoms with E-state index in [-0.39, 0.29) is 34.8 Å². The van der Waals surface area contributed by atoms with Crippen molar-refractivity contribution >= 4 is 35.1 Å². The van der Waals surface area contributed by atoms with Crippen LogP contribution in [0.25, 0.3) is 0 Å². The van der Waals surface area contributed by atoms with Crippen LogP contribution >= 0.6 is 23.2 Å². The van der Waals surface area contributed by atoms with Gasteiger partial charge in [0.1, 0.15) is 11.8 Å². The standard InChI is InChI=1S/C18H18Cl2N2O3/c1-12-2-4-13(5-3-12)6-7-16(23)21-8-9-25-18(24)14-10-15(19)17(20)22-11-14/h2-5,10-11H,6-9H2,1H3,(H,21,23). The number of hydrogen-bond acceptors (Lipinski definition) is 4. The maximum Gasteiger partial charge on any atom is 0.339 e. The van der Waals surface area contributed by atoms with Gasteiger partial charge in [0.05, 0.1) is 17.1 Å². The van der Waals surface area contributed by atoms with Gasteiger partial charge in [-0.15, -0.1) is 0 Å². The van der Waals surface area contributed by atoms with Gasteiger partial charge in [-0.05, 0) is 25.0 Å². The molecular weight excluding hydrogens is 363 g/mol. The Morgan fingerprint density at radius 3 is 2.60 bits per heavy atom. The molecule has 1 N–H and O–H groups in total. The highest BCUT2D eigenvalue weighted by molar-refractivity contribution is 6.41. The van der Waals surface area contributed by atoms with Crippen molar-refractivity contribution in [2.45, 2.75) is 19.8 Å². The van der Waals surface area contributed by atoms with E-state index in [4.69, 9.17) is 27.9 Å². The molecule has 1 aromatic carbocycles. The number of rotatable bonds is 7. The normalized spacial score (nSPS) is 10.4. The molecule has 2 aromatic rings. The lowest BCUT2D eigenvalue weighted by molar-refractivity contribution is -0.121. The number of carbonyl (C=O) groups is 2. The van der Waals surface area contributed by atoms with Gasteiger partial charge in [-0.3, -0.25) is 4.79 Å². The van der Waals surface area contributed by atoms with Gasteiger partial charge in [0.15, 0.2) is 0 Å². The molecule has 0 fully saturated rings. The number of hydrogen-bond donors (Lipinski definition) is 1. The van der Waals surface area contributed by atoms with Crippen LogP contribution in [-0.4, -0.2) is 30.0 Å². The molecule has 132 valence electrons. The molecule has 25 heavy (non-hydrogen) atoms. The second-order valence-corrected chi connectivity index (χ2v) is 6.23. The lowest BCUT2D eigenvalue weighted by Crippen LogP contribution is -2.28. The molecule has 0 aliphatic carbocycles. The molecule has 7 heteroatoms. The number of nitrogens with zero attached hydrogens (tertiary/aromatic N) is 1. The van der Waals surface area contributed by atoms with E-state index < -0.39 is 5.97 Å². The van der Waals surface area contributed by atoms with Gasteiger partial charge in [0, 0.05) is 12.6 Å². The summed E-state index contributed by atoms with van der Waals surface area (Å²) in [6.07, 6.45) is 2.34. The summed E-state index contributed by atoms with van der Waals surface area (Å²) in [6.45, 7) is 2.33. The minimum absolute atomic E-state index is 0.0648. The Kier molecular flexibility index (Phi) is 7.22. The zero-order valence-corrected chi connectivity index (χ0v) is 15.2. The van der Waals surface area contributed by atoms with Gasteiger partial charge < -0.3 is 10.1 Å². The zero-order chi connectivity index (χ0) is 18.2. The summed E-state index contributed by atoms with van der Waals surface area (Å²) >= 11 is 11.5. The van der Waals surface area contributed by atoms with E-state index in [9.17, 15) is 9.59 Å². The second kappa shape index (κ2) is 9.39. The number of pyridine rings is 1. The van der Waals surface area contributed by atoms with Crippen LogP contribution in [0.2, 0.25) is 10.2 Å². The number of amides is 1. The summed E-state index contributed by atoms with van der Waals surface area (Å²) in [6, 6.07) is 9.44. The first-order valence-electron chi connectivity index (χ1n) is 7.76. The number of carbonyl (C=O) groups excluding carboxylic acids is 2. The van der Waals surface area contributed by atoms with Crippen molar-refractivity contribution in [1.29, 1.82) is 0 Å². The number of aromatic nitrogens is 1. The Bertz CT molecular complexity index is 748. The highest BCUT2D eigenvalue weighted by Crippen LogP contribution is 2.19. The van der Waals surface area contributed by atoms with Crippen LogP contribution in [0.3, 0.4) is 0 Å². The first-order chi connectivity index (χ1) is 12.0. The van der Waals surface area contributed by atoms with Gasteiger partial charge in [-0.1, -0.05) is 53.0 Å². The number of aryl methyl sites for hydroxylation is 2. The predicted molar refractivity (Wildman–Crippen MR) is 97.0 cm³/mol. The highest BCUT2D eigenvalue weighted by Gasteiger charge is 2.10. The first kappa shape index (κ1) is 19.2. The Hall–Kier alpha value is -2.11. The molecule has 0 bridgehead atoms. The SMILES string of the molecule is Cc1ccc(CCC(=O)NCCOC(=O)c2cnc(Cl)c(Cl)c2)cc1. The van der Waals surface area contributed by atoms with E-state index in [2.05, 4.69) is 10.3 Å². The number of esters is 1. The third-order valence-electron chi connectivity index (χ3n) is 3.45. The summed E-state index contributed by atoms with van der Waals surface area (Å²) in [5, 5.41) is 3.02. The molecule has 0 aliphatic rings. The van der Waals surface area contributed by atoms with Gasteiger partial charge >= 0.3 is 5.97 Å². The Morgan fingerprint density at radius 1 is 1.20 bits per heavy atom. The minimum Gasteiger partial charge on any atom is -0.460 e. The molecule has 1 aromatic heterocycles. The molecule has 0 atom stereocenters. The highest BCUT2D eigenvalue weighted by atomic mass is 35.5. The smallest absolute Gasteiger partial charge is 0.339 e. The molecular formula is C18H18Cl2N2O3. The third kappa shape index (κ3) is 6.36. The zero-order valence-electron chi connectivity index (χ0n) is 13.7. The van der Waals surface area contributed by atoms with Crippen molar-refractivity contribution in [3.05, 3.63) is 63.4 Å². The van der Waals surface area contributed by atoms with Crippen LogP contribution < -0.4 is 5.32 Å². The molecule has 0 unspecified atom stereocenters. The molecule has 1 heterocycles. The largest absolute Gasteiger partial charge is 0.460 e. The average Bonchev–Trinajstić information content (AvgIpc) is 2.60. The summed E-state index contributed by atoms with van der Waals surface area (Å²) in [5.74, 6) is -0.659. The van der Waals surface area contributed by atoms with Gasteiger partial charge in [-0.25, -0.2) is 9.78 Å². The van der Waals surface area contributed by atoms with E-state index in [1.807, 2.05) is 31.2 Å². The lowest BCUT2D eigenvalue weighted by Gasteiger charge is -2.07. The average molecular weight is 381 g/mol.